The second-order valence-corrected chi connectivity index (χ2v) is 4.71. The minimum absolute atomic E-state index is 0.210. The van der Waals surface area contributed by atoms with Crippen molar-refractivity contribution in [2.75, 3.05) is 0 Å². The van der Waals surface area contributed by atoms with Crippen LogP contribution in [0.5, 0.6) is 0 Å². The zero-order valence-corrected chi connectivity index (χ0v) is 11.1. The molecular weight excluding hydrogens is 268 g/mol. The largest absolute Gasteiger partial charge is 0.457 e. The predicted octanol–water partition coefficient (Wildman–Crippen LogP) is 3.99. The van der Waals surface area contributed by atoms with E-state index in [1.54, 1.807) is 36.4 Å². The fraction of sp³-hybridized carbons (Fsp3) is 0.0714. The van der Waals surface area contributed by atoms with Crippen molar-refractivity contribution in [1.82, 2.24) is 0 Å². The number of hydrogen-bond acceptors (Lipinski definition) is 3. The van der Waals surface area contributed by atoms with Crippen molar-refractivity contribution in [3.05, 3.63) is 64.7 Å². The van der Waals surface area contributed by atoms with Gasteiger partial charge in [-0.2, -0.15) is 0 Å². The third-order valence-electron chi connectivity index (χ3n) is 2.36. The van der Waals surface area contributed by atoms with E-state index in [-0.39, 0.29) is 12.6 Å². The highest BCUT2D eigenvalue weighted by Crippen LogP contribution is 2.13. The monoisotopic (exact) mass is 278 g/mol. The topological polar surface area (TPSA) is 26.3 Å². The third-order valence-corrected chi connectivity index (χ3v) is 2.90. The van der Waals surface area contributed by atoms with E-state index in [2.05, 4.69) is 12.6 Å². The number of carbonyl (C=O) groups excluding carboxylic acids is 1. The van der Waals surface area contributed by atoms with Crippen molar-refractivity contribution in [3.63, 3.8) is 0 Å². The molecule has 0 heterocycles. The lowest BCUT2D eigenvalue weighted by molar-refractivity contribution is 0.0472. The molecule has 0 radical (unpaired) electrons. The summed E-state index contributed by atoms with van der Waals surface area (Å²) in [4.78, 5) is 12.5. The van der Waals surface area contributed by atoms with E-state index in [0.717, 1.165) is 10.5 Å². The zero-order chi connectivity index (χ0) is 13.0. The first-order valence-corrected chi connectivity index (χ1v) is 6.18. The van der Waals surface area contributed by atoms with Gasteiger partial charge in [0.2, 0.25) is 0 Å². The summed E-state index contributed by atoms with van der Waals surface area (Å²) >= 11 is 10.00. The standard InChI is InChI=1S/C14H11ClO2S/c15-12-3-1-2-10(8-12)9-17-14(16)11-4-6-13(18)7-5-11/h1-8,18H,9H2. The van der Waals surface area contributed by atoms with Crippen LogP contribution in [0.2, 0.25) is 5.02 Å². The van der Waals surface area contributed by atoms with Crippen LogP contribution in [0.25, 0.3) is 0 Å². The molecule has 0 atom stereocenters. The van der Waals surface area contributed by atoms with E-state index < -0.39 is 0 Å². The highest BCUT2D eigenvalue weighted by atomic mass is 35.5. The Morgan fingerprint density at radius 2 is 1.89 bits per heavy atom. The fourth-order valence-corrected chi connectivity index (χ4v) is 1.82. The maximum Gasteiger partial charge on any atom is 0.338 e. The molecule has 0 unspecified atom stereocenters. The first-order chi connectivity index (χ1) is 8.65. The van der Waals surface area contributed by atoms with Crippen LogP contribution in [0.15, 0.2) is 53.4 Å². The first kappa shape index (κ1) is 13.0. The number of esters is 1. The molecule has 0 aliphatic carbocycles. The molecule has 92 valence electrons. The second-order valence-electron chi connectivity index (χ2n) is 3.75. The summed E-state index contributed by atoms with van der Waals surface area (Å²) in [6.07, 6.45) is 0. The number of ether oxygens (including phenoxy) is 1. The Hall–Kier alpha value is -1.45. The quantitative estimate of drug-likeness (QED) is 0.679. The molecule has 2 aromatic rings. The van der Waals surface area contributed by atoms with Crippen molar-refractivity contribution in [2.24, 2.45) is 0 Å². The van der Waals surface area contributed by atoms with Gasteiger partial charge in [-0.3, -0.25) is 0 Å². The number of hydrogen-bond donors (Lipinski definition) is 1. The minimum Gasteiger partial charge on any atom is -0.457 e. The van der Waals surface area contributed by atoms with Crippen molar-refractivity contribution in [3.8, 4) is 0 Å². The van der Waals surface area contributed by atoms with Crippen LogP contribution >= 0.6 is 24.2 Å². The summed E-state index contributed by atoms with van der Waals surface area (Å²) < 4.78 is 5.19. The second kappa shape index (κ2) is 5.94. The summed E-state index contributed by atoms with van der Waals surface area (Å²) in [5, 5.41) is 0.628. The van der Waals surface area contributed by atoms with Crippen LogP contribution in [-0.2, 0) is 11.3 Å². The molecule has 18 heavy (non-hydrogen) atoms. The SMILES string of the molecule is O=C(OCc1cccc(Cl)c1)c1ccc(S)cc1. The maximum absolute atomic E-state index is 11.7. The van der Waals surface area contributed by atoms with Crippen LogP contribution in [0.4, 0.5) is 0 Å². The number of carbonyl (C=O) groups is 1. The van der Waals surface area contributed by atoms with Gasteiger partial charge in [-0.05, 0) is 42.0 Å². The third kappa shape index (κ3) is 3.52. The molecule has 0 amide bonds. The van der Waals surface area contributed by atoms with Crippen LogP contribution in [0, 0.1) is 0 Å². The van der Waals surface area contributed by atoms with Crippen molar-refractivity contribution in [2.45, 2.75) is 11.5 Å². The van der Waals surface area contributed by atoms with Gasteiger partial charge in [0.1, 0.15) is 6.61 Å². The molecule has 2 nitrogen and oxygen atoms in total. The molecule has 0 saturated heterocycles. The fourth-order valence-electron chi connectivity index (χ4n) is 1.46. The molecule has 0 fully saturated rings. The average molecular weight is 279 g/mol. The molecular formula is C14H11ClO2S. The van der Waals surface area contributed by atoms with E-state index in [4.69, 9.17) is 16.3 Å². The zero-order valence-electron chi connectivity index (χ0n) is 9.47. The lowest BCUT2D eigenvalue weighted by Gasteiger charge is -2.05. The predicted molar refractivity (Wildman–Crippen MR) is 74.3 cm³/mol. The Morgan fingerprint density at radius 3 is 2.56 bits per heavy atom. The molecule has 0 aliphatic heterocycles. The van der Waals surface area contributed by atoms with E-state index in [0.29, 0.717) is 10.6 Å². The van der Waals surface area contributed by atoms with E-state index in [1.807, 2.05) is 12.1 Å². The Balaban J connectivity index is 1.98. The highest BCUT2D eigenvalue weighted by Gasteiger charge is 2.06. The van der Waals surface area contributed by atoms with Gasteiger partial charge in [0, 0.05) is 9.92 Å². The van der Waals surface area contributed by atoms with Gasteiger partial charge in [0.05, 0.1) is 5.56 Å². The molecule has 0 spiro atoms. The summed E-state index contributed by atoms with van der Waals surface area (Å²) in [6, 6.07) is 14.1. The van der Waals surface area contributed by atoms with E-state index in [1.165, 1.54) is 0 Å². The number of rotatable bonds is 3. The molecule has 2 aromatic carbocycles. The highest BCUT2D eigenvalue weighted by molar-refractivity contribution is 7.80. The van der Waals surface area contributed by atoms with Crippen molar-refractivity contribution >= 4 is 30.2 Å². The number of halogens is 1. The first-order valence-electron chi connectivity index (χ1n) is 5.36. The van der Waals surface area contributed by atoms with Gasteiger partial charge < -0.3 is 4.74 Å². The van der Waals surface area contributed by atoms with Gasteiger partial charge in [-0.1, -0.05) is 23.7 Å². The van der Waals surface area contributed by atoms with Crippen LogP contribution in [0.3, 0.4) is 0 Å². The van der Waals surface area contributed by atoms with Gasteiger partial charge in [-0.15, -0.1) is 12.6 Å². The van der Waals surface area contributed by atoms with Crippen LogP contribution < -0.4 is 0 Å². The summed E-state index contributed by atoms with van der Waals surface area (Å²) in [7, 11) is 0. The summed E-state index contributed by atoms with van der Waals surface area (Å²) in [5.74, 6) is -0.358. The molecule has 0 aromatic heterocycles. The van der Waals surface area contributed by atoms with Crippen LogP contribution in [0.1, 0.15) is 15.9 Å². The molecule has 0 N–H and O–H groups in total. The summed E-state index contributed by atoms with van der Waals surface area (Å²) in [6.45, 7) is 0.210. The van der Waals surface area contributed by atoms with Gasteiger partial charge in [0.15, 0.2) is 0 Å². The number of benzene rings is 2. The Morgan fingerprint density at radius 1 is 1.17 bits per heavy atom. The van der Waals surface area contributed by atoms with Crippen molar-refractivity contribution < 1.29 is 9.53 Å². The molecule has 2 rings (SSSR count). The average Bonchev–Trinajstić information content (AvgIpc) is 2.37. The molecule has 4 heteroatoms. The van der Waals surface area contributed by atoms with E-state index in [9.17, 15) is 4.79 Å². The van der Waals surface area contributed by atoms with Crippen LogP contribution in [-0.4, -0.2) is 5.97 Å². The normalized spacial score (nSPS) is 10.1. The lowest BCUT2D eigenvalue weighted by atomic mass is 10.2. The lowest BCUT2D eigenvalue weighted by Crippen LogP contribution is -2.04. The van der Waals surface area contributed by atoms with E-state index >= 15 is 0 Å². The molecule has 0 bridgehead atoms. The van der Waals surface area contributed by atoms with Gasteiger partial charge in [-0.25, -0.2) is 4.79 Å². The molecule has 0 saturated carbocycles. The Kier molecular flexibility index (Phi) is 4.28. The summed E-state index contributed by atoms with van der Waals surface area (Å²) in [5.41, 5.74) is 1.37. The Labute approximate surface area is 116 Å². The molecule has 0 aliphatic rings. The minimum atomic E-state index is -0.358. The van der Waals surface area contributed by atoms with Gasteiger partial charge in [0.25, 0.3) is 0 Å². The van der Waals surface area contributed by atoms with Gasteiger partial charge >= 0.3 is 5.97 Å². The maximum atomic E-state index is 11.7. The van der Waals surface area contributed by atoms with Crippen molar-refractivity contribution in [1.29, 1.82) is 0 Å². The smallest absolute Gasteiger partial charge is 0.338 e. The number of thiol groups is 1. The Bertz CT molecular complexity index is 552.